The molecule has 3 nitrogen and oxygen atoms in total. The van der Waals surface area contributed by atoms with Crippen molar-refractivity contribution in [1.29, 1.82) is 0 Å². The first-order valence-electron chi connectivity index (χ1n) is 6.77. The number of ether oxygens (including phenoxy) is 1. The smallest absolute Gasteiger partial charge is 0.252 e. The third kappa shape index (κ3) is 2.14. The highest BCUT2D eigenvalue weighted by Crippen LogP contribution is 2.39. The van der Waals surface area contributed by atoms with Gasteiger partial charge in [-0.3, -0.25) is 4.79 Å². The normalized spacial score (nSPS) is 45.3. The number of carbonyl (C=O) groups is 1. The summed E-state index contributed by atoms with van der Waals surface area (Å²) >= 11 is 3.71. The Balaban J connectivity index is 1.70. The van der Waals surface area contributed by atoms with Crippen molar-refractivity contribution in [2.45, 2.75) is 74.6 Å². The van der Waals surface area contributed by atoms with E-state index >= 15 is 0 Å². The molecule has 3 heterocycles. The molecule has 2 bridgehead atoms. The van der Waals surface area contributed by atoms with Gasteiger partial charge in [0, 0.05) is 16.9 Å². The second-order valence-corrected chi connectivity index (χ2v) is 7.01. The number of nitrogens with zero attached hydrogens (tertiary/aromatic N) is 1. The number of fused-ring (bicyclic) bond motifs is 2. The lowest BCUT2D eigenvalue weighted by atomic mass is 10.0. The van der Waals surface area contributed by atoms with Crippen LogP contribution in [0.25, 0.3) is 0 Å². The molecule has 4 unspecified atom stereocenters. The van der Waals surface area contributed by atoms with Crippen molar-refractivity contribution in [2.75, 3.05) is 0 Å². The van der Waals surface area contributed by atoms with E-state index in [1.54, 1.807) is 0 Å². The summed E-state index contributed by atoms with van der Waals surface area (Å²) in [7, 11) is 0. The largest absolute Gasteiger partial charge is 0.365 e. The van der Waals surface area contributed by atoms with Crippen LogP contribution >= 0.6 is 15.9 Å². The summed E-state index contributed by atoms with van der Waals surface area (Å²) in [5, 5.41) is 0. The lowest BCUT2D eigenvalue weighted by Gasteiger charge is -2.38. The van der Waals surface area contributed by atoms with Gasteiger partial charge in [-0.25, -0.2) is 0 Å². The number of carbonyl (C=O) groups excluding carboxylic acids is 1. The molecule has 17 heavy (non-hydrogen) atoms. The van der Waals surface area contributed by atoms with Gasteiger partial charge in [-0.05, 0) is 45.4 Å². The molecule has 0 aromatic carbocycles. The molecular formula is C13H20BrNO2. The van der Waals surface area contributed by atoms with E-state index in [0.29, 0.717) is 16.9 Å². The number of halogens is 1. The maximum absolute atomic E-state index is 12.5. The van der Waals surface area contributed by atoms with Crippen molar-refractivity contribution in [3.63, 3.8) is 0 Å². The Labute approximate surface area is 111 Å². The quantitative estimate of drug-likeness (QED) is 0.696. The Kier molecular flexibility index (Phi) is 3.20. The molecule has 4 atom stereocenters. The van der Waals surface area contributed by atoms with E-state index in [4.69, 9.17) is 4.74 Å². The van der Waals surface area contributed by atoms with Crippen LogP contribution in [-0.4, -0.2) is 39.9 Å². The van der Waals surface area contributed by atoms with Crippen molar-refractivity contribution in [1.82, 2.24) is 4.90 Å². The fraction of sp³-hybridized carbons (Fsp3) is 0.923. The average molecular weight is 302 g/mol. The standard InChI is InChI=1S/C13H20BrNO2/c1-8-2-5-12(17-8)13(16)15-10-3-4-11(15)7-9(14)6-10/h8-12H,2-7H2,1H3. The fourth-order valence-corrected chi connectivity index (χ4v) is 4.48. The molecule has 3 rings (SSSR count). The third-order valence-corrected chi connectivity index (χ3v) is 5.19. The monoisotopic (exact) mass is 301 g/mol. The van der Waals surface area contributed by atoms with Gasteiger partial charge in [0.05, 0.1) is 6.10 Å². The van der Waals surface area contributed by atoms with E-state index in [1.807, 2.05) is 0 Å². The Morgan fingerprint density at radius 1 is 1.18 bits per heavy atom. The number of piperidine rings is 1. The van der Waals surface area contributed by atoms with Crippen LogP contribution in [0.5, 0.6) is 0 Å². The first kappa shape index (κ1) is 12.0. The van der Waals surface area contributed by atoms with Crippen molar-refractivity contribution in [3.05, 3.63) is 0 Å². The van der Waals surface area contributed by atoms with E-state index in [9.17, 15) is 4.79 Å². The lowest BCUT2D eigenvalue weighted by molar-refractivity contribution is -0.147. The maximum Gasteiger partial charge on any atom is 0.252 e. The third-order valence-electron chi connectivity index (χ3n) is 4.44. The zero-order chi connectivity index (χ0) is 12.0. The molecule has 1 amide bonds. The minimum atomic E-state index is -0.153. The van der Waals surface area contributed by atoms with Crippen LogP contribution in [0.3, 0.4) is 0 Å². The summed E-state index contributed by atoms with van der Waals surface area (Å²) in [6.07, 6.45) is 6.64. The Morgan fingerprint density at radius 2 is 1.82 bits per heavy atom. The number of rotatable bonds is 1. The molecule has 0 saturated carbocycles. The van der Waals surface area contributed by atoms with Gasteiger partial charge in [0.1, 0.15) is 6.10 Å². The van der Waals surface area contributed by atoms with Gasteiger partial charge in [0.2, 0.25) is 0 Å². The molecule has 0 aliphatic carbocycles. The molecule has 96 valence electrons. The lowest BCUT2D eigenvalue weighted by Crippen LogP contribution is -2.50. The topological polar surface area (TPSA) is 29.5 Å². The van der Waals surface area contributed by atoms with Crippen molar-refractivity contribution < 1.29 is 9.53 Å². The average Bonchev–Trinajstić information content (AvgIpc) is 2.81. The number of amides is 1. The van der Waals surface area contributed by atoms with Crippen LogP contribution in [0.2, 0.25) is 0 Å². The number of alkyl halides is 1. The maximum atomic E-state index is 12.5. The summed E-state index contributed by atoms with van der Waals surface area (Å²) in [6, 6.07) is 0.926. The Bertz CT molecular complexity index is 309. The predicted molar refractivity (Wildman–Crippen MR) is 69.2 cm³/mol. The molecule has 3 saturated heterocycles. The molecule has 3 aliphatic heterocycles. The molecule has 0 aromatic heterocycles. The van der Waals surface area contributed by atoms with E-state index in [-0.39, 0.29) is 18.1 Å². The van der Waals surface area contributed by atoms with Gasteiger partial charge in [-0.1, -0.05) is 15.9 Å². The van der Waals surface area contributed by atoms with Gasteiger partial charge < -0.3 is 9.64 Å². The summed E-state index contributed by atoms with van der Waals surface area (Å²) in [5.41, 5.74) is 0. The molecule has 0 radical (unpaired) electrons. The molecule has 0 aromatic rings. The summed E-state index contributed by atoms with van der Waals surface area (Å²) < 4.78 is 5.72. The van der Waals surface area contributed by atoms with Crippen LogP contribution in [-0.2, 0) is 9.53 Å². The summed E-state index contributed by atoms with van der Waals surface area (Å²) in [4.78, 5) is 15.3. The molecule has 0 spiro atoms. The minimum Gasteiger partial charge on any atom is -0.365 e. The van der Waals surface area contributed by atoms with Crippen molar-refractivity contribution in [3.8, 4) is 0 Å². The van der Waals surface area contributed by atoms with Crippen molar-refractivity contribution in [2.24, 2.45) is 0 Å². The van der Waals surface area contributed by atoms with Crippen LogP contribution in [0, 0.1) is 0 Å². The van der Waals surface area contributed by atoms with Crippen molar-refractivity contribution >= 4 is 21.8 Å². The highest BCUT2D eigenvalue weighted by Gasteiger charge is 2.45. The zero-order valence-electron chi connectivity index (χ0n) is 10.3. The SMILES string of the molecule is CC1CCC(C(=O)N2C3CCC2CC(Br)C3)O1. The summed E-state index contributed by atoms with van der Waals surface area (Å²) in [6.45, 7) is 2.06. The first-order chi connectivity index (χ1) is 8.15. The van der Waals surface area contributed by atoms with Crippen LogP contribution in [0.15, 0.2) is 0 Å². The van der Waals surface area contributed by atoms with Gasteiger partial charge in [0.25, 0.3) is 5.91 Å². The van der Waals surface area contributed by atoms with Crippen LogP contribution in [0.1, 0.15) is 45.4 Å². The summed E-state index contributed by atoms with van der Waals surface area (Å²) in [5.74, 6) is 0.265. The highest BCUT2D eigenvalue weighted by atomic mass is 79.9. The predicted octanol–water partition coefficient (Wildman–Crippen LogP) is 2.47. The second kappa shape index (κ2) is 4.54. The van der Waals surface area contributed by atoms with E-state index in [0.717, 1.165) is 25.7 Å². The molecular weight excluding hydrogens is 282 g/mol. The zero-order valence-corrected chi connectivity index (χ0v) is 11.9. The van der Waals surface area contributed by atoms with E-state index in [2.05, 4.69) is 27.8 Å². The van der Waals surface area contributed by atoms with Crippen LogP contribution < -0.4 is 0 Å². The van der Waals surface area contributed by atoms with E-state index in [1.165, 1.54) is 12.8 Å². The molecule has 3 aliphatic rings. The highest BCUT2D eigenvalue weighted by molar-refractivity contribution is 9.09. The van der Waals surface area contributed by atoms with Gasteiger partial charge in [0.15, 0.2) is 0 Å². The van der Waals surface area contributed by atoms with Crippen LogP contribution in [0.4, 0.5) is 0 Å². The minimum absolute atomic E-state index is 0.153. The molecule has 4 heteroatoms. The Morgan fingerprint density at radius 3 is 2.35 bits per heavy atom. The van der Waals surface area contributed by atoms with Gasteiger partial charge in [-0.15, -0.1) is 0 Å². The van der Waals surface area contributed by atoms with E-state index < -0.39 is 0 Å². The number of hydrogen-bond acceptors (Lipinski definition) is 2. The molecule has 0 N–H and O–H groups in total. The van der Waals surface area contributed by atoms with Gasteiger partial charge >= 0.3 is 0 Å². The Hall–Kier alpha value is -0.0900. The molecule has 3 fully saturated rings. The first-order valence-corrected chi connectivity index (χ1v) is 7.68. The fourth-order valence-electron chi connectivity index (χ4n) is 3.62. The van der Waals surface area contributed by atoms with Gasteiger partial charge in [-0.2, -0.15) is 0 Å². The second-order valence-electron chi connectivity index (χ2n) is 5.71. The number of hydrogen-bond donors (Lipinski definition) is 0.